The number of ether oxygens (including phenoxy) is 1. The maximum atomic E-state index is 12.1. The van der Waals surface area contributed by atoms with Gasteiger partial charge in [-0.25, -0.2) is 4.79 Å². The summed E-state index contributed by atoms with van der Waals surface area (Å²) in [7, 11) is 1.59. The molecule has 0 saturated carbocycles. The van der Waals surface area contributed by atoms with E-state index in [1.807, 2.05) is 40.0 Å². The van der Waals surface area contributed by atoms with Crippen LogP contribution >= 0.6 is 23.2 Å². The van der Waals surface area contributed by atoms with E-state index in [4.69, 9.17) is 33.2 Å². The second kappa shape index (κ2) is 7.13. The number of halogens is 2. The highest BCUT2D eigenvalue weighted by atomic mass is 35.5. The van der Waals surface area contributed by atoms with E-state index >= 15 is 0 Å². The van der Waals surface area contributed by atoms with Gasteiger partial charge in [-0.15, -0.1) is 5.10 Å². The molecule has 0 aliphatic carbocycles. The summed E-state index contributed by atoms with van der Waals surface area (Å²) in [5.41, 5.74) is -0.557. The molecule has 10 heteroatoms. The van der Waals surface area contributed by atoms with Crippen LogP contribution < -0.4 is 16.0 Å². The topological polar surface area (TPSA) is 106 Å². The fourth-order valence-electron chi connectivity index (χ4n) is 3.00. The molecule has 144 valence electrons. The van der Waals surface area contributed by atoms with E-state index in [1.165, 1.54) is 12.1 Å². The predicted molar refractivity (Wildman–Crippen MR) is 109 cm³/mol. The zero-order valence-corrected chi connectivity index (χ0v) is 16.3. The van der Waals surface area contributed by atoms with Gasteiger partial charge in [0.15, 0.2) is 0 Å². The van der Waals surface area contributed by atoms with Gasteiger partial charge in [-0.1, -0.05) is 23.2 Å². The molecule has 0 aliphatic rings. The van der Waals surface area contributed by atoms with Crippen LogP contribution in [0.1, 0.15) is 5.69 Å². The van der Waals surface area contributed by atoms with E-state index in [0.29, 0.717) is 5.69 Å². The molecule has 0 fully saturated rings. The molecule has 0 saturated heterocycles. The van der Waals surface area contributed by atoms with Gasteiger partial charge in [0.05, 0.1) is 34.0 Å². The molecule has 2 heterocycles. The lowest BCUT2D eigenvalue weighted by molar-refractivity contribution is 0.415. The zero-order chi connectivity index (χ0) is 20.7. The Morgan fingerprint density at radius 1 is 1.14 bits per heavy atom. The van der Waals surface area contributed by atoms with Crippen molar-refractivity contribution >= 4 is 34.1 Å². The van der Waals surface area contributed by atoms with Crippen molar-refractivity contribution in [2.24, 2.45) is 0 Å². The van der Waals surface area contributed by atoms with Crippen molar-refractivity contribution in [1.29, 1.82) is 5.26 Å². The smallest absolute Gasteiger partial charge is 0.349 e. The molecule has 0 amide bonds. The number of aromatic nitrogens is 4. The van der Waals surface area contributed by atoms with Crippen LogP contribution in [-0.2, 0) is 0 Å². The first-order chi connectivity index (χ1) is 13.9. The Morgan fingerprint density at radius 2 is 1.86 bits per heavy atom. The number of fused-ring (bicyclic) bond motifs is 1. The molecule has 0 aliphatic heterocycles. The average Bonchev–Trinajstić information content (AvgIpc) is 3.10. The fraction of sp³-hybridized carbons (Fsp3) is 0.0526. The summed E-state index contributed by atoms with van der Waals surface area (Å²) < 4.78 is 7.91. The monoisotopic (exact) mass is 427 g/mol. The summed E-state index contributed by atoms with van der Waals surface area (Å²) in [6.45, 7) is 0. The Morgan fingerprint density at radius 3 is 2.52 bits per heavy atom. The number of methoxy groups -OCH3 is 1. The number of hydrogen-bond donors (Lipinski definition) is 1. The van der Waals surface area contributed by atoms with Gasteiger partial charge in [0.25, 0.3) is 5.56 Å². The van der Waals surface area contributed by atoms with Gasteiger partial charge in [0.2, 0.25) is 5.69 Å². The van der Waals surface area contributed by atoms with Crippen LogP contribution in [0.25, 0.3) is 22.3 Å². The van der Waals surface area contributed by atoms with Crippen LogP contribution in [0.15, 0.2) is 52.2 Å². The Bertz CT molecular complexity index is 1410. The molecular weight excluding hydrogens is 417 g/mol. The van der Waals surface area contributed by atoms with E-state index < -0.39 is 16.9 Å². The largest absolute Gasteiger partial charge is 0.497 e. The summed E-state index contributed by atoms with van der Waals surface area (Å²) in [6.07, 6.45) is 1.81. The summed E-state index contributed by atoms with van der Waals surface area (Å²) in [5.74, 6) is 0.722. The summed E-state index contributed by atoms with van der Waals surface area (Å²) in [6, 6.07) is 12.1. The normalized spacial score (nSPS) is 10.8. The van der Waals surface area contributed by atoms with Crippen LogP contribution in [0.2, 0.25) is 10.0 Å². The molecule has 4 rings (SSSR count). The third kappa shape index (κ3) is 3.16. The van der Waals surface area contributed by atoms with Crippen LogP contribution in [0.4, 0.5) is 0 Å². The predicted octanol–water partition coefficient (Wildman–Crippen LogP) is 3.05. The summed E-state index contributed by atoms with van der Waals surface area (Å²) >= 11 is 13.0. The Kier molecular flexibility index (Phi) is 4.62. The highest BCUT2D eigenvalue weighted by Gasteiger charge is 2.16. The van der Waals surface area contributed by atoms with Crippen LogP contribution in [0.5, 0.6) is 5.75 Å². The quantitative estimate of drug-likeness (QED) is 0.540. The van der Waals surface area contributed by atoms with Crippen molar-refractivity contribution in [1.82, 2.24) is 19.3 Å². The third-order valence-electron chi connectivity index (χ3n) is 4.32. The fourth-order valence-corrected chi connectivity index (χ4v) is 3.65. The highest BCUT2D eigenvalue weighted by Crippen LogP contribution is 2.34. The van der Waals surface area contributed by atoms with Crippen molar-refractivity contribution in [3.63, 3.8) is 0 Å². The van der Waals surface area contributed by atoms with E-state index in [9.17, 15) is 9.59 Å². The third-order valence-corrected chi connectivity index (χ3v) is 4.89. The minimum absolute atomic E-state index is 0.208. The first kappa shape index (κ1) is 18.8. The second-order valence-corrected chi connectivity index (χ2v) is 6.81. The molecule has 1 N–H and O–H groups in total. The van der Waals surface area contributed by atoms with Crippen molar-refractivity contribution in [2.45, 2.75) is 0 Å². The van der Waals surface area contributed by atoms with E-state index in [1.54, 1.807) is 13.2 Å². The molecule has 0 radical (unpaired) electrons. The SMILES string of the molecule is COc1ccc2c(ccn2-c2c(Cl)cc(-n3nc(C#N)c(=O)[nH]c3=O)cc2Cl)c1. The van der Waals surface area contributed by atoms with E-state index in [2.05, 4.69) is 5.10 Å². The minimum atomic E-state index is -0.864. The van der Waals surface area contributed by atoms with Crippen LogP contribution in [0, 0.1) is 11.3 Å². The number of nitrogens with one attached hydrogen (secondary N) is 1. The van der Waals surface area contributed by atoms with Crippen molar-refractivity contribution < 1.29 is 4.74 Å². The van der Waals surface area contributed by atoms with E-state index in [0.717, 1.165) is 21.3 Å². The maximum absolute atomic E-state index is 12.1. The van der Waals surface area contributed by atoms with Gasteiger partial charge in [0, 0.05) is 11.6 Å². The first-order valence-corrected chi connectivity index (χ1v) is 8.97. The number of aromatic amines is 1. The second-order valence-electron chi connectivity index (χ2n) is 6.00. The minimum Gasteiger partial charge on any atom is -0.497 e. The zero-order valence-electron chi connectivity index (χ0n) is 14.8. The molecule has 0 atom stereocenters. The van der Waals surface area contributed by atoms with Gasteiger partial charge in [-0.2, -0.15) is 9.94 Å². The van der Waals surface area contributed by atoms with Crippen LogP contribution in [-0.4, -0.2) is 26.4 Å². The van der Waals surface area contributed by atoms with Gasteiger partial charge in [0.1, 0.15) is 11.8 Å². The van der Waals surface area contributed by atoms with Gasteiger partial charge >= 0.3 is 5.69 Å². The molecule has 8 nitrogen and oxygen atoms in total. The van der Waals surface area contributed by atoms with Gasteiger partial charge < -0.3 is 9.30 Å². The number of rotatable bonds is 3. The summed E-state index contributed by atoms with van der Waals surface area (Å²) in [4.78, 5) is 25.7. The maximum Gasteiger partial charge on any atom is 0.349 e. The number of nitriles is 1. The Hall–Kier alpha value is -3.54. The average molecular weight is 428 g/mol. The van der Waals surface area contributed by atoms with Crippen LogP contribution in [0.3, 0.4) is 0 Å². The van der Waals surface area contributed by atoms with Crippen molar-refractivity contribution in [2.75, 3.05) is 7.11 Å². The Balaban J connectivity index is 1.89. The number of benzene rings is 2. The Labute approximate surface area is 173 Å². The highest BCUT2D eigenvalue weighted by molar-refractivity contribution is 6.38. The first-order valence-electron chi connectivity index (χ1n) is 8.21. The molecule has 0 unspecified atom stereocenters. The molecule has 0 spiro atoms. The molecule has 29 heavy (non-hydrogen) atoms. The van der Waals surface area contributed by atoms with E-state index in [-0.39, 0.29) is 15.7 Å². The molecular formula is C19H11Cl2N5O3. The standard InChI is InChI=1S/C19H11Cl2N5O3/c1-29-12-2-3-16-10(6-12)4-5-25(16)17-13(20)7-11(8-14(17)21)26-19(28)23-18(27)15(9-22)24-26/h2-8H,1H3,(H,23,27,28). The molecule has 2 aromatic carbocycles. The van der Waals surface area contributed by atoms with Crippen molar-refractivity contribution in [3.05, 3.63) is 79.2 Å². The molecule has 0 bridgehead atoms. The van der Waals surface area contributed by atoms with Crippen molar-refractivity contribution in [3.8, 4) is 23.2 Å². The number of H-pyrrole nitrogens is 1. The van der Waals surface area contributed by atoms with Gasteiger partial charge in [-0.3, -0.25) is 9.78 Å². The molecule has 4 aromatic rings. The number of hydrogen-bond acceptors (Lipinski definition) is 5. The lowest BCUT2D eigenvalue weighted by atomic mass is 10.2. The van der Waals surface area contributed by atoms with Gasteiger partial charge in [-0.05, 0) is 36.4 Å². The lowest BCUT2D eigenvalue weighted by Crippen LogP contribution is -2.33. The number of nitrogens with zero attached hydrogens (tertiary/aromatic N) is 4. The lowest BCUT2D eigenvalue weighted by Gasteiger charge is -2.13. The molecule has 2 aromatic heterocycles. The summed E-state index contributed by atoms with van der Waals surface area (Å²) in [5, 5.41) is 14.2.